The summed E-state index contributed by atoms with van der Waals surface area (Å²) >= 11 is 5.88. The summed E-state index contributed by atoms with van der Waals surface area (Å²) < 4.78 is 1.43. The van der Waals surface area contributed by atoms with Crippen LogP contribution < -0.4 is 10.9 Å². The normalized spacial score (nSPS) is 10.8. The minimum Gasteiger partial charge on any atom is -0.506 e. The number of phenols is 1. The maximum atomic E-state index is 13.1. The van der Waals surface area contributed by atoms with E-state index in [-0.39, 0.29) is 21.9 Å². The minimum atomic E-state index is -0.455. The van der Waals surface area contributed by atoms with Crippen LogP contribution in [-0.2, 0) is 0 Å². The number of rotatable bonds is 3. The number of hydrogen-bond acceptors (Lipinski definition) is 4. The Morgan fingerprint density at radius 1 is 1.04 bits per heavy atom. The predicted molar refractivity (Wildman–Crippen MR) is 108 cm³/mol. The van der Waals surface area contributed by atoms with E-state index in [1.54, 1.807) is 30.3 Å². The van der Waals surface area contributed by atoms with Gasteiger partial charge in [-0.2, -0.15) is 0 Å². The standard InChI is InChI=1S/C21H14ClN3O3/c22-15-11-13(9-10-18(15)26)20(27)24-17-8-4-7-16-19(17)21(28)25(12-23-16)14-5-2-1-3-6-14/h1-12,26H,(H,24,27). The van der Waals surface area contributed by atoms with Gasteiger partial charge in [-0.15, -0.1) is 0 Å². The molecule has 3 aromatic carbocycles. The highest BCUT2D eigenvalue weighted by molar-refractivity contribution is 6.32. The van der Waals surface area contributed by atoms with Gasteiger partial charge in [-0.1, -0.05) is 35.9 Å². The number of nitrogens with zero attached hydrogens (tertiary/aromatic N) is 2. The van der Waals surface area contributed by atoms with Crippen LogP contribution in [0, 0.1) is 0 Å². The Bertz CT molecular complexity index is 1250. The molecule has 0 aliphatic rings. The fourth-order valence-electron chi connectivity index (χ4n) is 2.88. The Hall–Kier alpha value is -3.64. The third kappa shape index (κ3) is 3.21. The SMILES string of the molecule is O=C(Nc1cccc2ncn(-c3ccccc3)c(=O)c12)c1ccc(O)c(Cl)c1. The Balaban J connectivity index is 1.80. The molecule has 0 unspecified atom stereocenters. The number of amides is 1. The molecule has 0 saturated heterocycles. The topological polar surface area (TPSA) is 84.2 Å². The highest BCUT2D eigenvalue weighted by atomic mass is 35.5. The van der Waals surface area contributed by atoms with E-state index in [9.17, 15) is 14.7 Å². The minimum absolute atomic E-state index is 0.0682. The zero-order valence-electron chi connectivity index (χ0n) is 14.5. The molecule has 6 nitrogen and oxygen atoms in total. The van der Waals surface area contributed by atoms with Crippen LogP contribution in [0.5, 0.6) is 5.75 Å². The zero-order chi connectivity index (χ0) is 19.7. The number of aromatic hydroxyl groups is 1. The van der Waals surface area contributed by atoms with Gasteiger partial charge in [0.2, 0.25) is 0 Å². The van der Waals surface area contributed by atoms with Crippen molar-refractivity contribution in [3.63, 3.8) is 0 Å². The van der Waals surface area contributed by atoms with Crippen molar-refractivity contribution in [1.82, 2.24) is 9.55 Å². The van der Waals surface area contributed by atoms with Gasteiger partial charge in [-0.3, -0.25) is 14.2 Å². The first kappa shape index (κ1) is 17.8. The summed E-state index contributed by atoms with van der Waals surface area (Å²) in [6, 6.07) is 18.3. The van der Waals surface area contributed by atoms with Crippen LogP contribution in [0.25, 0.3) is 16.6 Å². The van der Waals surface area contributed by atoms with E-state index in [1.165, 1.54) is 29.1 Å². The van der Waals surface area contributed by atoms with Gasteiger partial charge < -0.3 is 10.4 Å². The molecular weight excluding hydrogens is 378 g/mol. The quantitative estimate of drug-likeness (QED) is 0.553. The molecule has 4 aromatic rings. The molecule has 138 valence electrons. The molecule has 0 aliphatic carbocycles. The van der Waals surface area contributed by atoms with Gasteiger partial charge in [0.25, 0.3) is 11.5 Å². The highest BCUT2D eigenvalue weighted by Crippen LogP contribution is 2.25. The number of carbonyl (C=O) groups excluding carboxylic acids is 1. The Morgan fingerprint density at radius 2 is 1.82 bits per heavy atom. The van der Waals surface area contributed by atoms with Crippen molar-refractivity contribution in [2.75, 3.05) is 5.32 Å². The molecule has 7 heteroatoms. The average Bonchev–Trinajstić information content (AvgIpc) is 2.71. The number of fused-ring (bicyclic) bond motifs is 1. The van der Waals surface area contributed by atoms with Crippen LogP contribution >= 0.6 is 11.6 Å². The summed E-state index contributed by atoms with van der Waals surface area (Å²) in [5, 5.41) is 12.6. The molecule has 1 heterocycles. The van der Waals surface area contributed by atoms with Gasteiger partial charge in [0.15, 0.2) is 0 Å². The third-order valence-electron chi connectivity index (χ3n) is 4.28. The average molecular weight is 392 g/mol. The first-order valence-corrected chi connectivity index (χ1v) is 8.78. The van der Waals surface area contributed by atoms with E-state index in [2.05, 4.69) is 10.3 Å². The van der Waals surface area contributed by atoms with Crippen LogP contribution in [-0.4, -0.2) is 20.6 Å². The Labute approximate surface area is 164 Å². The molecule has 4 rings (SSSR count). The summed E-state index contributed by atoms with van der Waals surface area (Å²) in [5.41, 5.74) is 1.45. The van der Waals surface area contributed by atoms with E-state index in [1.807, 2.05) is 18.2 Å². The van der Waals surface area contributed by atoms with Gasteiger partial charge >= 0.3 is 0 Å². The lowest BCUT2D eigenvalue weighted by atomic mass is 10.1. The molecule has 2 N–H and O–H groups in total. The Morgan fingerprint density at radius 3 is 2.57 bits per heavy atom. The van der Waals surface area contributed by atoms with Crippen LogP contribution in [0.4, 0.5) is 5.69 Å². The summed E-state index contributed by atoms with van der Waals surface area (Å²) in [6.45, 7) is 0. The molecule has 28 heavy (non-hydrogen) atoms. The van der Waals surface area contributed by atoms with Crippen LogP contribution in [0.2, 0.25) is 5.02 Å². The molecule has 0 saturated carbocycles. The van der Waals surface area contributed by atoms with E-state index < -0.39 is 5.91 Å². The number of phenolic OH excluding ortho intramolecular Hbond substituents is 1. The van der Waals surface area contributed by atoms with Crippen LogP contribution in [0.15, 0.2) is 77.9 Å². The maximum Gasteiger partial charge on any atom is 0.267 e. The number of halogens is 1. The van der Waals surface area contributed by atoms with Gasteiger partial charge in [0.05, 0.1) is 27.3 Å². The first-order chi connectivity index (χ1) is 13.5. The molecule has 0 atom stereocenters. The fraction of sp³-hybridized carbons (Fsp3) is 0. The molecule has 0 aliphatic heterocycles. The van der Waals surface area contributed by atoms with Gasteiger partial charge in [0, 0.05) is 5.56 Å². The van der Waals surface area contributed by atoms with E-state index in [0.717, 1.165) is 0 Å². The second kappa shape index (κ2) is 7.17. The van der Waals surface area contributed by atoms with Crippen LogP contribution in [0.1, 0.15) is 10.4 Å². The smallest absolute Gasteiger partial charge is 0.267 e. The molecule has 0 radical (unpaired) electrons. The second-order valence-electron chi connectivity index (χ2n) is 6.08. The van der Waals surface area contributed by atoms with Crippen molar-refractivity contribution in [1.29, 1.82) is 0 Å². The lowest BCUT2D eigenvalue weighted by molar-refractivity contribution is 0.102. The van der Waals surface area contributed by atoms with Crippen molar-refractivity contribution < 1.29 is 9.90 Å². The van der Waals surface area contributed by atoms with Gasteiger partial charge in [-0.25, -0.2) is 4.98 Å². The fourth-order valence-corrected chi connectivity index (χ4v) is 3.07. The molecule has 0 fully saturated rings. The van der Waals surface area contributed by atoms with E-state index in [0.29, 0.717) is 22.3 Å². The highest BCUT2D eigenvalue weighted by Gasteiger charge is 2.14. The van der Waals surface area contributed by atoms with Crippen molar-refractivity contribution in [2.45, 2.75) is 0 Å². The summed E-state index contributed by atoms with van der Waals surface area (Å²) in [7, 11) is 0. The molecule has 0 bridgehead atoms. The van der Waals surface area contributed by atoms with Crippen LogP contribution in [0.3, 0.4) is 0 Å². The van der Waals surface area contributed by atoms with Crippen molar-refractivity contribution in [2.24, 2.45) is 0 Å². The van der Waals surface area contributed by atoms with Crippen molar-refractivity contribution in [3.8, 4) is 11.4 Å². The number of benzene rings is 3. The molecule has 1 amide bonds. The number of para-hydroxylation sites is 1. The number of aromatic nitrogens is 2. The van der Waals surface area contributed by atoms with E-state index in [4.69, 9.17) is 11.6 Å². The maximum absolute atomic E-state index is 13.1. The monoisotopic (exact) mass is 391 g/mol. The zero-order valence-corrected chi connectivity index (χ0v) is 15.2. The molecule has 0 spiro atoms. The lowest BCUT2D eigenvalue weighted by Gasteiger charge is -2.11. The number of anilines is 1. The molecule has 1 aromatic heterocycles. The van der Waals surface area contributed by atoms with E-state index >= 15 is 0 Å². The van der Waals surface area contributed by atoms with Gasteiger partial charge in [-0.05, 0) is 42.5 Å². The van der Waals surface area contributed by atoms with Gasteiger partial charge in [0.1, 0.15) is 12.1 Å². The number of hydrogen-bond donors (Lipinski definition) is 2. The predicted octanol–water partition coefficient (Wildman–Crippen LogP) is 4.00. The number of carbonyl (C=O) groups is 1. The largest absolute Gasteiger partial charge is 0.506 e. The summed E-state index contributed by atoms with van der Waals surface area (Å²) in [6.07, 6.45) is 1.46. The van der Waals surface area contributed by atoms with Crippen molar-refractivity contribution >= 4 is 34.1 Å². The number of nitrogens with one attached hydrogen (secondary N) is 1. The summed E-state index contributed by atoms with van der Waals surface area (Å²) in [5.74, 6) is -0.567. The summed E-state index contributed by atoms with van der Waals surface area (Å²) in [4.78, 5) is 30.0. The van der Waals surface area contributed by atoms with Crippen molar-refractivity contribution in [3.05, 3.63) is 94.0 Å². The third-order valence-corrected chi connectivity index (χ3v) is 4.58. The second-order valence-corrected chi connectivity index (χ2v) is 6.48. The molecular formula is C21H14ClN3O3. The first-order valence-electron chi connectivity index (χ1n) is 8.40. The Kier molecular flexibility index (Phi) is 4.55. The lowest BCUT2D eigenvalue weighted by Crippen LogP contribution is -2.21.